The highest BCUT2D eigenvalue weighted by Gasteiger charge is 2.15. The van der Waals surface area contributed by atoms with E-state index in [9.17, 15) is 10.1 Å². The van der Waals surface area contributed by atoms with Gasteiger partial charge in [0, 0.05) is 29.1 Å². The van der Waals surface area contributed by atoms with Crippen molar-refractivity contribution in [3.8, 4) is 11.8 Å². The zero-order chi connectivity index (χ0) is 24.8. The molecule has 2 aromatic heterocycles. The van der Waals surface area contributed by atoms with Gasteiger partial charge in [0.2, 0.25) is 5.13 Å². The van der Waals surface area contributed by atoms with Crippen LogP contribution in [0.25, 0.3) is 17.0 Å². The lowest BCUT2D eigenvalue weighted by atomic mass is 10.1. The minimum absolute atomic E-state index is 0.00409. The molecule has 1 N–H and O–H groups in total. The molecule has 4 aromatic rings. The maximum Gasteiger partial charge on any atom is 0.268 e. The predicted octanol–water partition coefficient (Wildman–Crippen LogP) is 5.62. The summed E-state index contributed by atoms with van der Waals surface area (Å²) in [6.07, 6.45) is 4.35. The fourth-order valence-electron chi connectivity index (χ4n) is 3.68. The van der Waals surface area contributed by atoms with Crippen LogP contribution in [0, 0.1) is 24.2 Å². The number of benzene rings is 2. The summed E-state index contributed by atoms with van der Waals surface area (Å²) < 4.78 is 7.97. The Balaban J connectivity index is 1.51. The highest BCUT2D eigenvalue weighted by molar-refractivity contribution is 7.15. The number of hydrogen-bond donors (Lipinski definition) is 1. The Morgan fingerprint density at radius 3 is 2.71 bits per heavy atom. The summed E-state index contributed by atoms with van der Waals surface area (Å²) in [7, 11) is 0. The highest BCUT2D eigenvalue weighted by Crippen LogP contribution is 2.25. The lowest BCUT2D eigenvalue weighted by Crippen LogP contribution is -2.13. The summed E-state index contributed by atoms with van der Waals surface area (Å²) in [6, 6.07) is 17.9. The fraction of sp³-hybridized carbons (Fsp3) is 0.259. The van der Waals surface area contributed by atoms with Crippen LogP contribution in [-0.2, 0) is 17.8 Å². The fourth-order valence-corrected chi connectivity index (χ4v) is 4.62. The molecule has 178 valence electrons. The van der Waals surface area contributed by atoms with Crippen molar-refractivity contribution in [2.45, 2.75) is 33.7 Å². The summed E-state index contributed by atoms with van der Waals surface area (Å²) >= 11 is 1.33. The SMILES string of the molecule is Cc1ccc(OCCn2cc(/C=C(/C#N)C(=O)Nc3nnc(CC(C)C)s3)c3ccccc32)cc1. The van der Waals surface area contributed by atoms with E-state index in [0.29, 0.717) is 24.2 Å². The number of carbonyl (C=O) groups is 1. The summed E-state index contributed by atoms with van der Waals surface area (Å²) in [5, 5.41) is 22.7. The van der Waals surface area contributed by atoms with Crippen LogP contribution < -0.4 is 10.1 Å². The quantitative estimate of drug-likeness (QED) is 0.245. The first-order valence-electron chi connectivity index (χ1n) is 11.5. The van der Waals surface area contributed by atoms with Crippen LogP contribution >= 0.6 is 11.3 Å². The molecule has 0 saturated heterocycles. The van der Waals surface area contributed by atoms with E-state index in [1.807, 2.05) is 67.7 Å². The van der Waals surface area contributed by atoms with Crippen LogP contribution in [0.15, 0.2) is 60.3 Å². The third-order valence-electron chi connectivity index (χ3n) is 5.38. The van der Waals surface area contributed by atoms with Gasteiger partial charge >= 0.3 is 0 Å². The number of aromatic nitrogens is 3. The van der Waals surface area contributed by atoms with Crippen molar-refractivity contribution in [3.05, 3.63) is 76.4 Å². The largest absolute Gasteiger partial charge is 0.492 e. The second kappa shape index (κ2) is 11.0. The molecule has 2 heterocycles. The van der Waals surface area contributed by atoms with Crippen LogP contribution in [0.2, 0.25) is 0 Å². The van der Waals surface area contributed by atoms with Crippen LogP contribution in [-0.4, -0.2) is 27.3 Å². The van der Waals surface area contributed by atoms with E-state index in [1.54, 1.807) is 6.08 Å². The third-order valence-corrected chi connectivity index (χ3v) is 6.24. The number of nitrogens with zero attached hydrogens (tertiary/aromatic N) is 4. The first-order chi connectivity index (χ1) is 16.9. The van der Waals surface area contributed by atoms with E-state index in [-0.39, 0.29) is 5.57 Å². The van der Waals surface area contributed by atoms with E-state index < -0.39 is 5.91 Å². The van der Waals surface area contributed by atoms with Crippen LogP contribution in [0.5, 0.6) is 5.75 Å². The molecule has 0 atom stereocenters. The van der Waals surface area contributed by atoms with Crippen molar-refractivity contribution in [2.75, 3.05) is 11.9 Å². The highest BCUT2D eigenvalue weighted by atomic mass is 32.1. The van der Waals surface area contributed by atoms with Gasteiger partial charge in [-0.1, -0.05) is 61.1 Å². The Bertz CT molecular complexity index is 1390. The first-order valence-corrected chi connectivity index (χ1v) is 12.3. The number of nitriles is 1. The van der Waals surface area contributed by atoms with Crippen LogP contribution in [0.1, 0.15) is 30.0 Å². The summed E-state index contributed by atoms with van der Waals surface area (Å²) in [5.41, 5.74) is 2.99. The molecule has 4 rings (SSSR count). The second-order valence-corrected chi connectivity index (χ2v) is 9.74. The normalized spacial score (nSPS) is 11.6. The zero-order valence-electron chi connectivity index (χ0n) is 20.0. The molecule has 0 aliphatic heterocycles. The molecular formula is C27H27N5O2S. The number of para-hydroxylation sites is 1. The van der Waals surface area contributed by atoms with Gasteiger partial charge in [0.1, 0.15) is 29.0 Å². The first kappa shape index (κ1) is 24.2. The second-order valence-electron chi connectivity index (χ2n) is 8.68. The summed E-state index contributed by atoms with van der Waals surface area (Å²) in [4.78, 5) is 12.8. The minimum Gasteiger partial charge on any atom is -0.492 e. The van der Waals surface area contributed by atoms with Gasteiger partial charge in [-0.3, -0.25) is 10.1 Å². The number of carbonyl (C=O) groups excluding carboxylic acids is 1. The van der Waals surface area contributed by atoms with Gasteiger partial charge in [-0.05, 0) is 37.1 Å². The molecular weight excluding hydrogens is 458 g/mol. The smallest absolute Gasteiger partial charge is 0.268 e. The number of rotatable bonds is 9. The molecule has 0 spiro atoms. The molecule has 2 aromatic carbocycles. The Morgan fingerprint density at radius 1 is 1.20 bits per heavy atom. The standard InChI is InChI=1S/C27H27N5O2S/c1-18(2)14-25-30-31-27(35-25)29-26(33)20(16-28)15-21-17-32(24-7-5-4-6-23(21)24)12-13-34-22-10-8-19(3)9-11-22/h4-11,15,17-18H,12-14H2,1-3H3,(H,29,31,33)/b20-15-. The van der Waals surface area contributed by atoms with Crippen molar-refractivity contribution >= 4 is 39.4 Å². The van der Waals surface area contributed by atoms with Crippen LogP contribution in [0.4, 0.5) is 5.13 Å². The van der Waals surface area contributed by atoms with Gasteiger partial charge < -0.3 is 9.30 Å². The van der Waals surface area contributed by atoms with E-state index in [2.05, 4.69) is 33.9 Å². The van der Waals surface area contributed by atoms with Crippen molar-refractivity contribution < 1.29 is 9.53 Å². The van der Waals surface area contributed by atoms with Gasteiger partial charge in [0.15, 0.2) is 0 Å². The van der Waals surface area contributed by atoms with Crippen molar-refractivity contribution in [3.63, 3.8) is 0 Å². The van der Waals surface area contributed by atoms with E-state index in [4.69, 9.17) is 4.74 Å². The minimum atomic E-state index is -0.501. The molecule has 1 amide bonds. The number of anilines is 1. The van der Waals surface area contributed by atoms with Gasteiger partial charge in [-0.25, -0.2) is 0 Å². The molecule has 35 heavy (non-hydrogen) atoms. The molecule has 0 saturated carbocycles. The number of ether oxygens (including phenoxy) is 1. The molecule has 0 unspecified atom stereocenters. The van der Waals surface area contributed by atoms with Crippen molar-refractivity contribution in [2.24, 2.45) is 5.92 Å². The number of fused-ring (bicyclic) bond motifs is 1. The number of nitrogens with one attached hydrogen (secondary N) is 1. The molecule has 0 aliphatic carbocycles. The third kappa shape index (κ3) is 6.14. The average molecular weight is 486 g/mol. The molecule has 0 radical (unpaired) electrons. The summed E-state index contributed by atoms with van der Waals surface area (Å²) in [5.74, 6) is 0.767. The topological polar surface area (TPSA) is 92.8 Å². The van der Waals surface area contributed by atoms with Gasteiger partial charge in [-0.15, -0.1) is 10.2 Å². The predicted molar refractivity (Wildman–Crippen MR) is 139 cm³/mol. The van der Waals surface area contributed by atoms with E-state index >= 15 is 0 Å². The van der Waals surface area contributed by atoms with E-state index in [0.717, 1.165) is 33.6 Å². The Labute approximate surface area is 208 Å². The lowest BCUT2D eigenvalue weighted by Gasteiger charge is -2.08. The maximum atomic E-state index is 12.8. The Morgan fingerprint density at radius 2 is 1.97 bits per heavy atom. The van der Waals surface area contributed by atoms with Crippen molar-refractivity contribution in [1.29, 1.82) is 5.26 Å². The summed E-state index contributed by atoms with van der Waals surface area (Å²) in [6.45, 7) is 7.35. The number of amides is 1. The molecule has 7 nitrogen and oxygen atoms in total. The molecule has 0 fully saturated rings. The number of hydrogen-bond acceptors (Lipinski definition) is 6. The average Bonchev–Trinajstić information content (AvgIpc) is 3.42. The lowest BCUT2D eigenvalue weighted by molar-refractivity contribution is -0.112. The monoisotopic (exact) mass is 485 g/mol. The van der Waals surface area contributed by atoms with Gasteiger partial charge in [0.05, 0.1) is 6.54 Å². The Kier molecular flexibility index (Phi) is 7.58. The maximum absolute atomic E-state index is 12.8. The van der Waals surface area contributed by atoms with Crippen molar-refractivity contribution in [1.82, 2.24) is 14.8 Å². The molecule has 0 bridgehead atoms. The molecule has 0 aliphatic rings. The van der Waals surface area contributed by atoms with E-state index in [1.165, 1.54) is 16.9 Å². The number of aryl methyl sites for hydroxylation is 1. The van der Waals surface area contributed by atoms with Gasteiger partial charge in [-0.2, -0.15) is 5.26 Å². The molecule has 8 heteroatoms. The van der Waals surface area contributed by atoms with Gasteiger partial charge in [0.25, 0.3) is 5.91 Å². The Hall–Kier alpha value is -3.96. The zero-order valence-corrected chi connectivity index (χ0v) is 20.8. The van der Waals surface area contributed by atoms with Crippen LogP contribution in [0.3, 0.4) is 0 Å².